The first kappa shape index (κ1) is 17.0. The summed E-state index contributed by atoms with van der Waals surface area (Å²) in [6.45, 7) is 1.95. The van der Waals surface area contributed by atoms with Gasteiger partial charge in [0, 0.05) is 16.6 Å². The van der Waals surface area contributed by atoms with Crippen molar-refractivity contribution in [3.05, 3.63) is 76.9 Å². The van der Waals surface area contributed by atoms with Crippen LogP contribution in [0, 0.1) is 6.92 Å². The van der Waals surface area contributed by atoms with E-state index in [9.17, 15) is 9.90 Å². The molecular weight excluding hydrogens is 360 g/mol. The number of anilines is 1. The standard InChI is InChI=1S/C20H16N4O2S/c1-13-21-17(12-27-13)14-6-5-7-15(10-14)22-20(26)19-18(25)11-24(23-19)16-8-3-2-4-9-16/h2-12,25H,1H3,(H,22,26). The quantitative estimate of drug-likeness (QED) is 0.558. The van der Waals surface area contributed by atoms with Crippen LogP contribution in [0.2, 0.25) is 0 Å². The summed E-state index contributed by atoms with van der Waals surface area (Å²) in [5.74, 6) is -0.656. The minimum absolute atomic E-state index is 0.0336. The van der Waals surface area contributed by atoms with Gasteiger partial charge < -0.3 is 10.4 Å². The van der Waals surface area contributed by atoms with Crippen LogP contribution in [0.4, 0.5) is 5.69 Å². The zero-order valence-corrected chi connectivity index (χ0v) is 15.3. The third-order valence-electron chi connectivity index (χ3n) is 3.97. The van der Waals surface area contributed by atoms with Crippen molar-refractivity contribution in [1.29, 1.82) is 0 Å². The number of aromatic nitrogens is 3. The van der Waals surface area contributed by atoms with Crippen LogP contribution in [0.25, 0.3) is 16.9 Å². The molecule has 0 atom stereocenters. The summed E-state index contributed by atoms with van der Waals surface area (Å²) < 4.78 is 1.47. The van der Waals surface area contributed by atoms with E-state index < -0.39 is 5.91 Å². The summed E-state index contributed by atoms with van der Waals surface area (Å²) in [6, 6.07) is 16.7. The Labute approximate surface area is 159 Å². The molecule has 0 saturated carbocycles. The van der Waals surface area contributed by atoms with E-state index in [1.807, 2.05) is 60.8 Å². The third kappa shape index (κ3) is 3.58. The average molecular weight is 376 g/mol. The number of hydrogen-bond donors (Lipinski definition) is 2. The van der Waals surface area contributed by atoms with Crippen LogP contribution >= 0.6 is 11.3 Å². The highest BCUT2D eigenvalue weighted by atomic mass is 32.1. The lowest BCUT2D eigenvalue weighted by Crippen LogP contribution is -2.13. The lowest BCUT2D eigenvalue weighted by molar-refractivity contribution is 0.101. The summed E-state index contributed by atoms with van der Waals surface area (Å²) >= 11 is 1.57. The molecule has 2 N–H and O–H groups in total. The van der Waals surface area contributed by atoms with Crippen LogP contribution in [0.3, 0.4) is 0 Å². The number of carbonyl (C=O) groups is 1. The lowest BCUT2D eigenvalue weighted by atomic mass is 10.1. The van der Waals surface area contributed by atoms with E-state index in [0.717, 1.165) is 22.0 Å². The minimum Gasteiger partial charge on any atom is -0.504 e. The maximum Gasteiger partial charge on any atom is 0.280 e. The molecular formula is C20H16N4O2S. The number of amides is 1. The average Bonchev–Trinajstić information content (AvgIpc) is 3.29. The first-order valence-electron chi connectivity index (χ1n) is 8.28. The summed E-state index contributed by atoms with van der Waals surface area (Å²) in [5, 5.41) is 20.1. The predicted molar refractivity (Wildman–Crippen MR) is 105 cm³/mol. The summed E-state index contributed by atoms with van der Waals surface area (Å²) in [7, 11) is 0. The molecule has 0 bridgehead atoms. The largest absolute Gasteiger partial charge is 0.504 e. The number of para-hydroxylation sites is 1. The van der Waals surface area contributed by atoms with Crippen molar-refractivity contribution in [3.63, 3.8) is 0 Å². The molecule has 2 aromatic carbocycles. The zero-order valence-electron chi connectivity index (χ0n) is 14.5. The third-order valence-corrected chi connectivity index (χ3v) is 4.74. The van der Waals surface area contributed by atoms with Crippen LogP contribution in [0.1, 0.15) is 15.5 Å². The van der Waals surface area contributed by atoms with Crippen molar-refractivity contribution < 1.29 is 9.90 Å². The second-order valence-electron chi connectivity index (χ2n) is 5.93. The van der Waals surface area contributed by atoms with Crippen LogP contribution in [-0.2, 0) is 0 Å². The SMILES string of the molecule is Cc1nc(-c2cccc(NC(=O)c3nn(-c4ccccc4)cc3O)c2)cs1. The van der Waals surface area contributed by atoms with Crippen LogP contribution < -0.4 is 5.32 Å². The van der Waals surface area contributed by atoms with Crippen molar-refractivity contribution in [2.45, 2.75) is 6.92 Å². The van der Waals surface area contributed by atoms with Crippen LogP contribution in [-0.4, -0.2) is 25.8 Å². The number of rotatable bonds is 4. The maximum atomic E-state index is 12.6. The van der Waals surface area contributed by atoms with Crippen molar-refractivity contribution >= 4 is 22.9 Å². The Bertz CT molecular complexity index is 1100. The summed E-state index contributed by atoms with van der Waals surface area (Å²) in [4.78, 5) is 17.0. The summed E-state index contributed by atoms with van der Waals surface area (Å²) in [6.07, 6.45) is 1.42. The molecule has 6 nitrogen and oxygen atoms in total. The van der Waals surface area contributed by atoms with Crippen LogP contribution in [0.5, 0.6) is 5.75 Å². The molecule has 7 heteroatoms. The first-order chi connectivity index (χ1) is 13.1. The molecule has 2 aromatic heterocycles. The molecule has 27 heavy (non-hydrogen) atoms. The number of aryl methyl sites for hydroxylation is 1. The Balaban J connectivity index is 1.57. The predicted octanol–water partition coefficient (Wildman–Crippen LogP) is 4.26. The Hall–Kier alpha value is -3.45. The molecule has 0 unspecified atom stereocenters. The van der Waals surface area contributed by atoms with Gasteiger partial charge in [-0.25, -0.2) is 9.67 Å². The fraction of sp³-hybridized carbons (Fsp3) is 0.0500. The molecule has 0 spiro atoms. The highest BCUT2D eigenvalue weighted by Crippen LogP contribution is 2.25. The van der Waals surface area contributed by atoms with E-state index in [-0.39, 0.29) is 11.4 Å². The first-order valence-corrected chi connectivity index (χ1v) is 9.16. The monoisotopic (exact) mass is 376 g/mol. The van der Waals surface area contributed by atoms with Gasteiger partial charge in [-0.05, 0) is 31.2 Å². The number of aromatic hydroxyl groups is 1. The molecule has 0 aliphatic rings. The van der Waals surface area contributed by atoms with Gasteiger partial charge in [-0.1, -0.05) is 30.3 Å². The second kappa shape index (κ2) is 7.05. The fourth-order valence-corrected chi connectivity index (χ4v) is 3.30. The Morgan fingerprint density at radius 3 is 2.70 bits per heavy atom. The minimum atomic E-state index is -0.478. The fourth-order valence-electron chi connectivity index (χ4n) is 2.68. The van der Waals surface area contributed by atoms with Gasteiger partial charge in [-0.3, -0.25) is 4.79 Å². The van der Waals surface area contributed by atoms with E-state index in [1.165, 1.54) is 10.9 Å². The van der Waals surface area contributed by atoms with E-state index >= 15 is 0 Å². The van der Waals surface area contributed by atoms with E-state index in [1.54, 1.807) is 17.4 Å². The zero-order chi connectivity index (χ0) is 18.8. The molecule has 134 valence electrons. The van der Waals surface area contributed by atoms with E-state index in [0.29, 0.717) is 5.69 Å². The molecule has 0 aliphatic heterocycles. The number of hydrogen-bond acceptors (Lipinski definition) is 5. The van der Waals surface area contributed by atoms with E-state index in [4.69, 9.17) is 0 Å². The van der Waals surface area contributed by atoms with Gasteiger partial charge in [0.15, 0.2) is 11.4 Å². The van der Waals surface area contributed by atoms with Gasteiger partial charge in [0.05, 0.1) is 22.6 Å². The van der Waals surface area contributed by atoms with Gasteiger partial charge >= 0.3 is 0 Å². The summed E-state index contributed by atoms with van der Waals surface area (Å²) in [5.41, 5.74) is 3.11. The van der Waals surface area contributed by atoms with Crippen LogP contribution in [0.15, 0.2) is 66.2 Å². The number of nitrogens with one attached hydrogen (secondary N) is 1. The molecule has 4 rings (SSSR count). The number of benzene rings is 2. The molecule has 4 aromatic rings. The van der Waals surface area contributed by atoms with Gasteiger partial charge in [0.25, 0.3) is 5.91 Å². The molecule has 0 saturated heterocycles. The Kier molecular flexibility index (Phi) is 4.43. The van der Waals surface area contributed by atoms with Crippen molar-refractivity contribution in [2.75, 3.05) is 5.32 Å². The van der Waals surface area contributed by atoms with Gasteiger partial charge in [0.1, 0.15) is 0 Å². The van der Waals surface area contributed by atoms with Crippen molar-refractivity contribution in [2.24, 2.45) is 0 Å². The maximum absolute atomic E-state index is 12.6. The molecule has 0 fully saturated rings. The molecule has 0 radical (unpaired) electrons. The van der Waals surface area contributed by atoms with Gasteiger partial charge in [-0.15, -0.1) is 11.3 Å². The number of carbonyl (C=O) groups excluding carboxylic acids is 1. The second-order valence-corrected chi connectivity index (χ2v) is 6.99. The molecule has 1 amide bonds. The van der Waals surface area contributed by atoms with Gasteiger partial charge in [0.2, 0.25) is 0 Å². The topological polar surface area (TPSA) is 80.0 Å². The number of nitrogens with zero attached hydrogens (tertiary/aromatic N) is 3. The smallest absolute Gasteiger partial charge is 0.280 e. The normalized spacial score (nSPS) is 10.7. The van der Waals surface area contributed by atoms with Crippen molar-refractivity contribution in [1.82, 2.24) is 14.8 Å². The van der Waals surface area contributed by atoms with E-state index in [2.05, 4.69) is 15.4 Å². The molecule has 0 aliphatic carbocycles. The Morgan fingerprint density at radius 1 is 1.15 bits per heavy atom. The van der Waals surface area contributed by atoms with Crippen molar-refractivity contribution in [3.8, 4) is 22.7 Å². The molecule has 2 heterocycles. The number of thiazole rings is 1. The lowest BCUT2D eigenvalue weighted by Gasteiger charge is -2.05. The Morgan fingerprint density at radius 2 is 1.96 bits per heavy atom. The van der Waals surface area contributed by atoms with Gasteiger partial charge in [-0.2, -0.15) is 5.10 Å². The highest BCUT2D eigenvalue weighted by Gasteiger charge is 2.17. The highest BCUT2D eigenvalue weighted by molar-refractivity contribution is 7.09.